The normalized spacial score (nSPS) is 12.7. The average Bonchev–Trinajstić information content (AvgIpc) is 2.81. The molecule has 0 N–H and O–H groups in total. The van der Waals surface area contributed by atoms with Crippen molar-refractivity contribution in [3.63, 3.8) is 0 Å². The zero-order valence-corrected chi connectivity index (χ0v) is 17.4. The summed E-state index contributed by atoms with van der Waals surface area (Å²) < 4.78 is 0. The maximum atomic E-state index is 2.50. The van der Waals surface area contributed by atoms with Crippen LogP contribution < -0.4 is 4.90 Å². The summed E-state index contributed by atoms with van der Waals surface area (Å²) in [5, 5.41) is 5.37. The third kappa shape index (κ3) is 2.88. The molecule has 5 aromatic carbocycles. The molecule has 1 aliphatic heterocycles. The molecular formula is C28H21NS. The second-order valence-electron chi connectivity index (χ2n) is 7.74. The Bertz CT molecular complexity index is 1290. The quantitative estimate of drug-likeness (QED) is 0.282. The van der Waals surface area contributed by atoms with Crippen LogP contribution in [0.5, 0.6) is 0 Å². The van der Waals surface area contributed by atoms with Gasteiger partial charge in [0.25, 0.3) is 0 Å². The highest BCUT2D eigenvalue weighted by atomic mass is 32.2. The molecule has 0 amide bonds. The zero-order chi connectivity index (χ0) is 19.9. The molecule has 0 radical (unpaired) electrons. The monoisotopic (exact) mass is 403 g/mol. The van der Waals surface area contributed by atoms with Crippen LogP contribution in [0.2, 0.25) is 0 Å². The molecule has 0 aliphatic carbocycles. The highest BCUT2D eigenvalue weighted by Gasteiger charge is 2.23. The Kier molecular flexibility index (Phi) is 4.24. The van der Waals surface area contributed by atoms with Gasteiger partial charge in [-0.05, 0) is 63.9 Å². The molecule has 0 saturated carbocycles. The third-order valence-corrected chi connectivity index (χ3v) is 7.13. The van der Waals surface area contributed by atoms with Crippen LogP contribution in [0.3, 0.4) is 0 Å². The Morgan fingerprint density at radius 3 is 1.67 bits per heavy atom. The molecule has 0 aromatic heterocycles. The highest BCUT2D eigenvalue weighted by Crippen LogP contribution is 2.48. The van der Waals surface area contributed by atoms with E-state index in [-0.39, 0.29) is 0 Å². The van der Waals surface area contributed by atoms with E-state index in [1.807, 2.05) is 11.8 Å². The molecule has 1 aliphatic rings. The summed E-state index contributed by atoms with van der Waals surface area (Å²) in [6.45, 7) is 0.951. The molecule has 0 fully saturated rings. The summed E-state index contributed by atoms with van der Waals surface area (Å²) in [5.74, 6) is 0. The van der Waals surface area contributed by atoms with Gasteiger partial charge in [-0.3, -0.25) is 0 Å². The van der Waals surface area contributed by atoms with Crippen LogP contribution in [0.1, 0.15) is 5.56 Å². The number of nitrogens with zero attached hydrogens (tertiary/aromatic N) is 1. The van der Waals surface area contributed by atoms with Gasteiger partial charge in [0.2, 0.25) is 0 Å². The van der Waals surface area contributed by atoms with Crippen molar-refractivity contribution in [1.82, 2.24) is 0 Å². The highest BCUT2D eigenvalue weighted by molar-refractivity contribution is 7.99. The largest absolute Gasteiger partial charge is 0.339 e. The zero-order valence-electron chi connectivity index (χ0n) is 16.6. The first-order valence-corrected chi connectivity index (χ1v) is 11.2. The number of para-hydroxylation sites is 2. The van der Waals surface area contributed by atoms with Crippen molar-refractivity contribution >= 4 is 44.7 Å². The van der Waals surface area contributed by atoms with Crippen molar-refractivity contribution in [2.75, 3.05) is 11.4 Å². The SMILES string of the molecule is c1ccc2c(c1)Sc1ccccc1N2CCc1c2ccccc2cc2ccccc12. The first-order chi connectivity index (χ1) is 14.9. The minimum Gasteiger partial charge on any atom is -0.339 e. The molecule has 0 spiro atoms. The van der Waals surface area contributed by atoms with E-state index < -0.39 is 0 Å². The molecule has 2 heteroatoms. The molecular weight excluding hydrogens is 382 g/mol. The molecule has 0 bridgehead atoms. The Morgan fingerprint density at radius 2 is 1.07 bits per heavy atom. The lowest BCUT2D eigenvalue weighted by Crippen LogP contribution is -2.23. The standard InChI is InChI=1S/C28H21NS/c1-3-11-22-20(9-1)19-21-10-2-4-12-23(21)24(22)17-18-29-25-13-5-7-15-27(25)30-28-16-8-6-14-26(28)29/h1-16,19H,17-18H2. The number of hydrogen-bond donors (Lipinski definition) is 0. The maximum absolute atomic E-state index is 2.50. The van der Waals surface area contributed by atoms with Crippen molar-refractivity contribution in [1.29, 1.82) is 0 Å². The minimum absolute atomic E-state index is 0.951. The van der Waals surface area contributed by atoms with Gasteiger partial charge < -0.3 is 4.90 Å². The van der Waals surface area contributed by atoms with Crippen molar-refractivity contribution in [3.8, 4) is 0 Å². The molecule has 6 rings (SSSR count). The van der Waals surface area contributed by atoms with E-state index in [4.69, 9.17) is 0 Å². The predicted octanol–water partition coefficient (Wildman–Crippen LogP) is 7.84. The fourth-order valence-corrected chi connectivity index (χ4v) is 5.72. The van der Waals surface area contributed by atoms with Gasteiger partial charge in [0.15, 0.2) is 0 Å². The van der Waals surface area contributed by atoms with Crippen molar-refractivity contribution in [2.24, 2.45) is 0 Å². The van der Waals surface area contributed by atoms with Crippen LogP contribution >= 0.6 is 11.8 Å². The van der Waals surface area contributed by atoms with Gasteiger partial charge in [-0.2, -0.15) is 0 Å². The Balaban J connectivity index is 1.47. The Hall–Kier alpha value is -3.23. The van der Waals surface area contributed by atoms with Crippen LogP contribution in [-0.4, -0.2) is 6.54 Å². The molecule has 0 atom stereocenters. The van der Waals surface area contributed by atoms with E-state index in [1.165, 1.54) is 48.3 Å². The van der Waals surface area contributed by atoms with Crippen LogP contribution in [-0.2, 0) is 6.42 Å². The summed E-state index contributed by atoms with van der Waals surface area (Å²) in [6.07, 6.45) is 0.995. The molecule has 0 unspecified atom stereocenters. The van der Waals surface area contributed by atoms with Gasteiger partial charge in [-0.15, -0.1) is 0 Å². The predicted molar refractivity (Wildman–Crippen MR) is 129 cm³/mol. The first-order valence-electron chi connectivity index (χ1n) is 10.4. The maximum Gasteiger partial charge on any atom is 0.0552 e. The van der Waals surface area contributed by atoms with Crippen molar-refractivity contribution in [3.05, 3.63) is 109 Å². The van der Waals surface area contributed by atoms with Gasteiger partial charge >= 0.3 is 0 Å². The van der Waals surface area contributed by atoms with E-state index in [0.29, 0.717) is 0 Å². The number of rotatable bonds is 3. The van der Waals surface area contributed by atoms with Crippen molar-refractivity contribution < 1.29 is 0 Å². The van der Waals surface area contributed by atoms with Gasteiger partial charge in [0.05, 0.1) is 11.4 Å². The lowest BCUT2D eigenvalue weighted by molar-refractivity contribution is 0.900. The van der Waals surface area contributed by atoms with Gasteiger partial charge in [-0.1, -0.05) is 84.6 Å². The van der Waals surface area contributed by atoms with Crippen LogP contribution in [0.25, 0.3) is 21.5 Å². The van der Waals surface area contributed by atoms with Gasteiger partial charge in [0, 0.05) is 16.3 Å². The van der Waals surface area contributed by atoms with Gasteiger partial charge in [0.1, 0.15) is 0 Å². The van der Waals surface area contributed by atoms with Crippen molar-refractivity contribution in [2.45, 2.75) is 16.2 Å². The number of benzene rings is 5. The molecule has 0 saturated heterocycles. The smallest absolute Gasteiger partial charge is 0.0552 e. The fourth-order valence-electron chi connectivity index (χ4n) is 4.62. The van der Waals surface area contributed by atoms with E-state index >= 15 is 0 Å². The number of hydrogen-bond acceptors (Lipinski definition) is 2. The Labute approximate surface area is 181 Å². The summed E-state index contributed by atoms with van der Waals surface area (Å²) >= 11 is 1.87. The second kappa shape index (κ2) is 7.23. The lowest BCUT2D eigenvalue weighted by Gasteiger charge is -2.33. The molecule has 30 heavy (non-hydrogen) atoms. The average molecular weight is 404 g/mol. The number of anilines is 2. The van der Waals surface area contributed by atoms with Crippen LogP contribution in [0, 0.1) is 0 Å². The summed E-state index contributed by atoms with van der Waals surface area (Å²) in [7, 11) is 0. The molecule has 1 nitrogen and oxygen atoms in total. The minimum atomic E-state index is 0.951. The summed E-state index contributed by atoms with van der Waals surface area (Å²) in [6, 6.07) is 37.4. The van der Waals surface area contributed by atoms with E-state index in [9.17, 15) is 0 Å². The first kappa shape index (κ1) is 17.6. The summed E-state index contributed by atoms with van der Waals surface area (Å²) in [4.78, 5) is 5.16. The van der Waals surface area contributed by atoms with Gasteiger partial charge in [-0.25, -0.2) is 0 Å². The molecule has 144 valence electrons. The second-order valence-corrected chi connectivity index (χ2v) is 8.82. The van der Waals surface area contributed by atoms with Crippen LogP contribution in [0.15, 0.2) is 113 Å². The summed E-state index contributed by atoms with van der Waals surface area (Å²) in [5.41, 5.74) is 4.06. The van der Waals surface area contributed by atoms with E-state index in [2.05, 4.69) is 108 Å². The van der Waals surface area contributed by atoms with E-state index in [1.54, 1.807) is 0 Å². The van der Waals surface area contributed by atoms with E-state index in [0.717, 1.165) is 13.0 Å². The third-order valence-electron chi connectivity index (χ3n) is 6.00. The molecule has 5 aromatic rings. The number of fused-ring (bicyclic) bond motifs is 4. The topological polar surface area (TPSA) is 3.24 Å². The fraction of sp³-hybridized carbons (Fsp3) is 0.0714. The molecule has 1 heterocycles. The Morgan fingerprint density at radius 1 is 0.567 bits per heavy atom. The van der Waals surface area contributed by atoms with Crippen LogP contribution in [0.4, 0.5) is 11.4 Å². The lowest BCUT2D eigenvalue weighted by atomic mass is 9.94.